The van der Waals surface area contributed by atoms with E-state index in [0.29, 0.717) is 0 Å². The lowest BCUT2D eigenvalue weighted by Crippen LogP contribution is -2.34. The zero-order valence-corrected chi connectivity index (χ0v) is 12.9. The lowest BCUT2D eigenvalue weighted by atomic mass is 9.97. The van der Waals surface area contributed by atoms with Gasteiger partial charge in [0.2, 0.25) is 0 Å². The van der Waals surface area contributed by atoms with Crippen LogP contribution >= 0.6 is 0 Å². The van der Waals surface area contributed by atoms with Crippen molar-refractivity contribution < 1.29 is 4.74 Å². The lowest BCUT2D eigenvalue weighted by molar-refractivity contribution is 0.0968. The number of piperidine rings is 1. The summed E-state index contributed by atoms with van der Waals surface area (Å²) in [4.78, 5) is 2.56. The lowest BCUT2D eigenvalue weighted by Gasteiger charge is -2.31. The predicted molar refractivity (Wildman–Crippen MR) is 83.9 cm³/mol. The Morgan fingerprint density at radius 2 is 1.80 bits per heavy atom. The van der Waals surface area contributed by atoms with E-state index in [2.05, 4.69) is 34.5 Å². The molecule has 112 valence electrons. The molecule has 0 bridgehead atoms. The molecule has 20 heavy (non-hydrogen) atoms. The molecule has 1 fully saturated rings. The summed E-state index contributed by atoms with van der Waals surface area (Å²) in [6.07, 6.45) is 3.65. The van der Waals surface area contributed by atoms with Crippen LogP contribution in [0.2, 0.25) is 0 Å². The number of benzene rings is 1. The molecule has 0 saturated carbocycles. The maximum Gasteiger partial charge on any atom is 0.0491 e. The molecule has 1 aromatic carbocycles. The van der Waals surface area contributed by atoms with E-state index >= 15 is 0 Å². The van der Waals surface area contributed by atoms with Crippen molar-refractivity contribution in [2.75, 3.05) is 40.4 Å². The Kier molecular flexibility index (Phi) is 6.51. The molecule has 1 aliphatic heterocycles. The molecule has 0 amide bonds. The summed E-state index contributed by atoms with van der Waals surface area (Å²) in [5.41, 5.74) is 2.85. The number of ether oxygens (including phenoxy) is 1. The SMILES string of the molecule is CNCCc1ccc(CN2CCC(COC)CC2)cc1. The number of hydrogen-bond acceptors (Lipinski definition) is 3. The summed E-state index contributed by atoms with van der Waals surface area (Å²) >= 11 is 0. The molecule has 0 aromatic heterocycles. The van der Waals surface area contributed by atoms with Gasteiger partial charge in [0, 0.05) is 20.3 Å². The van der Waals surface area contributed by atoms with E-state index in [0.717, 1.165) is 32.0 Å². The summed E-state index contributed by atoms with van der Waals surface area (Å²) in [7, 11) is 3.81. The second kappa shape index (κ2) is 8.40. The van der Waals surface area contributed by atoms with Gasteiger partial charge in [-0.2, -0.15) is 0 Å². The molecule has 0 aliphatic carbocycles. The van der Waals surface area contributed by atoms with Gasteiger partial charge in [0.05, 0.1) is 0 Å². The first-order chi connectivity index (χ1) is 9.81. The van der Waals surface area contributed by atoms with Gasteiger partial charge in [-0.25, -0.2) is 0 Å². The summed E-state index contributed by atoms with van der Waals surface area (Å²) < 4.78 is 5.26. The smallest absolute Gasteiger partial charge is 0.0491 e. The summed E-state index contributed by atoms with van der Waals surface area (Å²) in [5, 5.41) is 3.19. The number of nitrogens with one attached hydrogen (secondary N) is 1. The van der Waals surface area contributed by atoms with Gasteiger partial charge in [-0.3, -0.25) is 4.90 Å². The minimum absolute atomic E-state index is 0.764. The largest absolute Gasteiger partial charge is 0.384 e. The highest BCUT2D eigenvalue weighted by Gasteiger charge is 2.18. The van der Waals surface area contributed by atoms with Crippen LogP contribution in [-0.2, 0) is 17.7 Å². The van der Waals surface area contributed by atoms with Crippen LogP contribution in [0.1, 0.15) is 24.0 Å². The van der Waals surface area contributed by atoms with Gasteiger partial charge in [-0.05, 0) is 63.0 Å². The zero-order valence-electron chi connectivity index (χ0n) is 12.9. The van der Waals surface area contributed by atoms with E-state index in [1.165, 1.54) is 37.1 Å². The molecule has 3 nitrogen and oxygen atoms in total. The normalized spacial score (nSPS) is 17.5. The van der Waals surface area contributed by atoms with Gasteiger partial charge in [0.1, 0.15) is 0 Å². The number of nitrogens with zero attached hydrogens (tertiary/aromatic N) is 1. The van der Waals surface area contributed by atoms with Crippen LogP contribution in [0.25, 0.3) is 0 Å². The molecule has 1 aromatic rings. The van der Waals surface area contributed by atoms with Crippen molar-refractivity contribution >= 4 is 0 Å². The fraction of sp³-hybridized carbons (Fsp3) is 0.647. The van der Waals surface area contributed by atoms with Crippen molar-refractivity contribution in [1.29, 1.82) is 0 Å². The molecular weight excluding hydrogens is 248 g/mol. The molecular formula is C17H28N2O. The average Bonchev–Trinajstić information content (AvgIpc) is 2.49. The van der Waals surface area contributed by atoms with E-state index < -0.39 is 0 Å². The van der Waals surface area contributed by atoms with Crippen LogP contribution in [0.5, 0.6) is 0 Å². The quantitative estimate of drug-likeness (QED) is 0.827. The van der Waals surface area contributed by atoms with Crippen LogP contribution in [0, 0.1) is 5.92 Å². The predicted octanol–water partition coefficient (Wildman–Crippen LogP) is 2.31. The van der Waals surface area contributed by atoms with Crippen molar-refractivity contribution in [2.45, 2.75) is 25.8 Å². The van der Waals surface area contributed by atoms with E-state index in [1.807, 2.05) is 14.2 Å². The zero-order chi connectivity index (χ0) is 14.2. The van der Waals surface area contributed by atoms with Crippen molar-refractivity contribution in [1.82, 2.24) is 10.2 Å². The summed E-state index contributed by atoms with van der Waals surface area (Å²) in [6.45, 7) is 5.47. The van der Waals surface area contributed by atoms with Gasteiger partial charge in [-0.15, -0.1) is 0 Å². The van der Waals surface area contributed by atoms with E-state index in [9.17, 15) is 0 Å². The first-order valence-electron chi connectivity index (χ1n) is 7.75. The van der Waals surface area contributed by atoms with Gasteiger partial charge < -0.3 is 10.1 Å². The van der Waals surface area contributed by atoms with Crippen molar-refractivity contribution in [3.8, 4) is 0 Å². The number of likely N-dealkylation sites (tertiary alicyclic amines) is 1. The van der Waals surface area contributed by atoms with Gasteiger partial charge in [0.15, 0.2) is 0 Å². The first kappa shape index (κ1) is 15.5. The molecule has 1 saturated heterocycles. The van der Waals surface area contributed by atoms with E-state index in [-0.39, 0.29) is 0 Å². The second-order valence-corrected chi connectivity index (χ2v) is 5.84. The minimum Gasteiger partial charge on any atom is -0.384 e. The monoisotopic (exact) mass is 276 g/mol. The Balaban J connectivity index is 1.76. The van der Waals surface area contributed by atoms with Crippen molar-refractivity contribution in [3.63, 3.8) is 0 Å². The van der Waals surface area contributed by atoms with Crippen LogP contribution in [0.4, 0.5) is 0 Å². The Morgan fingerprint density at radius 1 is 1.15 bits per heavy atom. The second-order valence-electron chi connectivity index (χ2n) is 5.84. The highest BCUT2D eigenvalue weighted by molar-refractivity contribution is 5.22. The molecule has 1 heterocycles. The molecule has 0 unspecified atom stereocenters. The topological polar surface area (TPSA) is 24.5 Å². The Labute approximate surface area is 123 Å². The number of likely N-dealkylation sites (N-methyl/N-ethyl adjacent to an activating group) is 1. The summed E-state index contributed by atoms with van der Waals surface area (Å²) in [5.74, 6) is 0.764. The van der Waals surface area contributed by atoms with Crippen LogP contribution < -0.4 is 5.32 Å². The Hall–Kier alpha value is -0.900. The van der Waals surface area contributed by atoms with E-state index in [4.69, 9.17) is 4.74 Å². The fourth-order valence-corrected chi connectivity index (χ4v) is 2.89. The van der Waals surface area contributed by atoms with Crippen LogP contribution in [-0.4, -0.2) is 45.3 Å². The van der Waals surface area contributed by atoms with Crippen molar-refractivity contribution in [2.24, 2.45) is 5.92 Å². The van der Waals surface area contributed by atoms with E-state index in [1.54, 1.807) is 0 Å². The average molecular weight is 276 g/mol. The number of rotatable bonds is 7. The molecule has 1 aliphatic rings. The summed E-state index contributed by atoms with van der Waals surface area (Å²) in [6, 6.07) is 9.10. The van der Waals surface area contributed by atoms with Crippen LogP contribution in [0.3, 0.4) is 0 Å². The maximum atomic E-state index is 5.26. The molecule has 0 spiro atoms. The maximum absolute atomic E-state index is 5.26. The van der Waals surface area contributed by atoms with Crippen LogP contribution in [0.15, 0.2) is 24.3 Å². The molecule has 3 heteroatoms. The third kappa shape index (κ3) is 4.89. The Morgan fingerprint density at radius 3 is 2.40 bits per heavy atom. The molecule has 0 atom stereocenters. The minimum atomic E-state index is 0.764. The molecule has 1 N–H and O–H groups in total. The molecule has 2 rings (SSSR count). The highest BCUT2D eigenvalue weighted by Crippen LogP contribution is 2.19. The van der Waals surface area contributed by atoms with Gasteiger partial charge in [-0.1, -0.05) is 24.3 Å². The standard InChI is InChI=1S/C17H28N2O/c1-18-10-7-15-3-5-16(6-4-15)13-19-11-8-17(9-12-19)14-20-2/h3-6,17-18H,7-14H2,1-2H3. The third-order valence-electron chi connectivity index (χ3n) is 4.20. The van der Waals surface area contributed by atoms with Gasteiger partial charge in [0.25, 0.3) is 0 Å². The number of hydrogen-bond donors (Lipinski definition) is 1. The molecule has 0 radical (unpaired) electrons. The fourth-order valence-electron chi connectivity index (χ4n) is 2.89. The first-order valence-corrected chi connectivity index (χ1v) is 7.75. The third-order valence-corrected chi connectivity index (χ3v) is 4.20. The van der Waals surface area contributed by atoms with Crippen molar-refractivity contribution in [3.05, 3.63) is 35.4 Å². The van der Waals surface area contributed by atoms with Gasteiger partial charge >= 0.3 is 0 Å². The highest BCUT2D eigenvalue weighted by atomic mass is 16.5. The number of methoxy groups -OCH3 is 1. The Bertz CT molecular complexity index is 369.